The van der Waals surface area contributed by atoms with Gasteiger partial charge in [-0.05, 0) is 56.9 Å². The van der Waals surface area contributed by atoms with Crippen LogP contribution in [0.1, 0.15) is 60.7 Å². The Bertz CT molecular complexity index is 843. The number of aryl methyl sites for hydroxylation is 2. The van der Waals surface area contributed by atoms with E-state index in [1.807, 2.05) is 11.3 Å². The van der Waals surface area contributed by atoms with Crippen molar-refractivity contribution in [2.24, 2.45) is 0 Å². The van der Waals surface area contributed by atoms with Gasteiger partial charge in [0.2, 0.25) is 0 Å². The maximum absolute atomic E-state index is 12.3. The van der Waals surface area contributed by atoms with Gasteiger partial charge in [0.15, 0.2) is 0 Å². The number of esters is 1. The first-order chi connectivity index (χ1) is 12.3. The van der Waals surface area contributed by atoms with Gasteiger partial charge in [-0.15, -0.1) is 11.3 Å². The van der Waals surface area contributed by atoms with Gasteiger partial charge in [0, 0.05) is 17.3 Å². The molecule has 2 aromatic rings. The third-order valence-corrected chi connectivity index (χ3v) is 6.94. The summed E-state index contributed by atoms with van der Waals surface area (Å²) in [5.41, 5.74) is 1.44. The smallest absolute Gasteiger partial charge is 0.328 e. The van der Waals surface area contributed by atoms with E-state index < -0.39 is 0 Å². The summed E-state index contributed by atoms with van der Waals surface area (Å²) in [6, 6.07) is -0.200. The van der Waals surface area contributed by atoms with E-state index in [-0.39, 0.29) is 12.0 Å². The first-order valence-corrected chi connectivity index (χ1v) is 10.2. The third-order valence-electron chi connectivity index (χ3n) is 5.75. The number of nitrogens with zero attached hydrogens (tertiary/aromatic N) is 3. The van der Waals surface area contributed by atoms with Crippen LogP contribution in [0.15, 0.2) is 0 Å². The van der Waals surface area contributed by atoms with Gasteiger partial charge in [-0.1, -0.05) is 0 Å². The first-order valence-electron chi connectivity index (χ1n) is 9.43. The van der Waals surface area contributed by atoms with Crippen LogP contribution in [0.5, 0.6) is 0 Å². The predicted molar refractivity (Wildman–Crippen MR) is 98.4 cm³/mol. The lowest BCUT2D eigenvalue weighted by Crippen LogP contribution is -2.37. The third kappa shape index (κ3) is 2.53. The average Bonchev–Trinajstić information content (AvgIpc) is 3.26. The molecule has 0 unspecified atom stereocenters. The van der Waals surface area contributed by atoms with Crippen molar-refractivity contribution in [3.8, 4) is 0 Å². The summed E-state index contributed by atoms with van der Waals surface area (Å²) in [7, 11) is 1.48. The number of methoxy groups -OCH3 is 1. The van der Waals surface area contributed by atoms with Crippen LogP contribution in [0, 0.1) is 0 Å². The number of hydrogen-bond donors (Lipinski definition) is 0. The minimum atomic E-state index is -0.200. The van der Waals surface area contributed by atoms with Gasteiger partial charge in [-0.3, -0.25) is 0 Å². The van der Waals surface area contributed by atoms with Gasteiger partial charge in [-0.2, -0.15) is 0 Å². The predicted octanol–water partition coefficient (Wildman–Crippen LogP) is 3.59. The molecule has 3 aliphatic rings. The molecule has 3 heterocycles. The summed E-state index contributed by atoms with van der Waals surface area (Å²) in [4.78, 5) is 27.0. The Morgan fingerprint density at radius 3 is 2.80 bits per heavy atom. The molecule has 0 aromatic carbocycles. The van der Waals surface area contributed by atoms with Crippen molar-refractivity contribution in [1.82, 2.24) is 9.97 Å². The number of anilines is 1. The Balaban J connectivity index is 1.69. The molecule has 5 nitrogen and oxygen atoms in total. The zero-order valence-corrected chi connectivity index (χ0v) is 15.4. The topological polar surface area (TPSA) is 55.3 Å². The summed E-state index contributed by atoms with van der Waals surface area (Å²) in [5, 5.41) is 1.22. The molecule has 2 aromatic heterocycles. The number of ether oxygens (including phenoxy) is 1. The highest BCUT2D eigenvalue weighted by Gasteiger charge is 2.36. The number of carbonyl (C=O) groups excluding carboxylic acids is 1. The van der Waals surface area contributed by atoms with Crippen molar-refractivity contribution in [3.63, 3.8) is 0 Å². The lowest BCUT2D eigenvalue weighted by molar-refractivity contribution is -0.141. The molecule has 6 heteroatoms. The number of hydrogen-bond acceptors (Lipinski definition) is 6. The Morgan fingerprint density at radius 1 is 1.16 bits per heavy atom. The summed E-state index contributed by atoms with van der Waals surface area (Å²) >= 11 is 1.85. The number of thiophene rings is 1. The largest absolute Gasteiger partial charge is 0.467 e. The Hall–Kier alpha value is -1.69. The second kappa shape index (κ2) is 5.94. The minimum absolute atomic E-state index is 0.138. The molecule has 1 atom stereocenters. The molecule has 132 valence electrons. The molecule has 0 spiro atoms. The molecular weight excluding hydrogens is 334 g/mol. The summed E-state index contributed by atoms with van der Waals surface area (Å²) in [6.07, 6.45) is 9.03. The van der Waals surface area contributed by atoms with Crippen LogP contribution in [-0.4, -0.2) is 35.6 Å². The van der Waals surface area contributed by atoms with Gasteiger partial charge in [0.05, 0.1) is 12.5 Å². The van der Waals surface area contributed by atoms with Gasteiger partial charge in [-0.25, -0.2) is 14.8 Å². The second-order valence-corrected chi connectivity index (χ2v) is 8.53. The van der Waals surface area contributed by atoms with Crippen molar-refractivity contribution in [2.75, 3.05) is 18.6 Å². The summed E-state index contributed by atoms with van der Waals surface area (Å²) in [5.74, 6) is 2.36. The molecule has 0 N–H and O–H groups in total. The highest BCUT2D eigenvalue weighted by atomic mass is 32.1. The van der Waals surface area contributed by atoms with Crippen LogP contribution in [0.3, 0.4) is 0 Å². The Kier molecular flexibility index (Phi) is 3.69. The van der Waals surface area contributed by atoms with E-state index in [0.29, 0.717) is 5.92 Å². The van der Waals surface area contributed by atoms with Gasteiger partial charge >= 0.3 is 5.97 Å². The fourth-order valence-electron chi connectivity index (χ4n) is 4.29. The van der Waals surface area contributed by atoms with Crippen LogP contribution >= 0.6 is 11.3 Å². The quantitative estimate of drug-likeness (QED) is 0.786. The molecule has 1 aliphatic heterocycles. The molecule has 2 fully saturated rings. The van der Waals surface area contributed by atoms with Crippen LogP contribution in [-0.2, 0) is 22.4 Å². The monoisotopic (exact) mass is 357 g/mol. The van der Waals surface area contributed by atoms with Crippen LogP contribution in [0.2, 0.25) is 0 Å². The van der Waals surface area contributed by atoms with E-state index in [1.54, 1.807) is 0 Å². The second-order valence-electron chi connectivity index (χ2n) is 7.45. The zero-order valence-electron chi connectivity index (χ0n) is 14.6. The van der Waals surface area contributed by atoms with Crippen molar-refractivity contribution in [1.29, 1.82) is 0 Å². The van der Waals surface area contributed by atoms with E-state index in [2.05, 4.69) is 4.90 Å². The Morgan fingerprint density at radius 2 is 2.00 bits per heavy atom. The molecule has 0 bridgehead atoms. The van der Waals surface area contributed by atoms with Crippen molar-refractivity contribution < 1.29 is 9.53 Å². The fraction of sp³-hybridized carbons (Fsp3) is 0.632. The van der Waals surface area contributed by atoms with Crippen molar-refractivity contribution in [2.45, 2.75) is 63.3 Å². The lowest BCUT2D eigenvalue weighted by Gasteiger charge is -2.25. The van der Waals surface area contributed by atoms with Gasteiger partial charge in [0.1, 0.15) is 22.5 Å². The van der Waals surface area contributed by atoms with Crippen molar-refractivity contribution >= 4 is 33.3 Å². The van der Waals surface area contributed by atoms with Gasteiger partial charge < -0.3 is 9.64 Å². The van der Waals surface area contributed by atoms with Crippen LogP contribution in [0.4, 0.5) is 5.82 Å². The van der Waals surface area contributed by atoms with Gasteiger partial charge in [0.25, 0.3) is 0 Å². The molecule has 25 heavy (non-hydrogen) atoms. The number of fused-ring (bicyclic) bond motifs is 3. The summed E-state index contributed by atoms with van der Waals surface area (Å²) in [6.45, 7) is 0.876. The van der Waals surface area contributed by atoms with Crippen LogP contribution in [0.25, 0.3) is 10.2 Å². The number of aromatic nitrogens is 2. The fourth-order valence-corrected chi connectivity index (χ4v) is 5.55. The van der Waals surface area contributed by atoms with E-state index in [1.165, 1.54) is 48.6 Å². The normalized spacial score (nSPS) is 23.1. The highest BCUT2D eigenvalue weighted by molar-refractivity contribution is 7.19. The van der Waals surface area contributed by atoms with E-state index in [0.717, 1.165) is 48.7 Å². The first kappa shape index (κ1) is 15.6. The average molecular weight is 357 g/mol. The van der Waals surface area contributed by atoms with E-state index >= 15 is 0 Å². The summed E-state index contributed by atoms with van der Waals surface area (Å²) < 4.78 is 5.06. The van der Waals surface area contributed by atoms with Crippen molar-refractivity contribution in [3.05, 3.63) is 16.3 Å². The maximum atomic E-state index is 12.3. The SMILES string of the molecule is COC(=O)[C@@H]1CCCN1c1nc(C2CC2)nc2sc3c(c12)CCCC3. The molecule has 0 radical (unpaired) electrons. The molecule has 1 saturated carbocycles. The maximum Gasteiger partial charge on any atom is 0.328 e. The lowest BCUT2D eigenvalue weighted by atomic mass is 9.97. The number of carbonyl (C=O) groups is 1. The Labute approximate surface area is 151 Å². The molecule has 2 aliphatic carbocycles. The molecule has 1 saturated heterocycles. The van der Waals surface area contributed by atoms with E-state index in [4.69, 9.17) is 14.7 Å². The minimum Gasteiger partial charge on any atom is -0.467 e. The standard InChI is InChI=1S/C19H23N3O2S/c1-24-19(23)13-6-4-10-22(13)17-15-12-5-2-3-7-14(12)25-18(15)21-16(20-17)11-8-9-11/h11,13H,2-10H2,1H3/t13-/m0/s1. The van der Waals surface area contributed by atoms with E-state index in [9.17, 15) is 4.79 Å². The van der Waals surface area contributed by atoms with Crippen LogP contribution < -0.4 is 4.90 Å². The molecule has 0 amide bonds. The highest BCUT2D eigenvalue weighted by Crippen LogP contribution is 2.45. The number of rotatable bonds is 3. The molecular formula is C19H23N3O2S. The molecule has 5 rings (SSSR count). The zero-order chi connectivity index (χ0) is 17.0.